The van der Waals surface area contributed by atoms with Gasteiger partial charge in [0.1, 0.15) is 0 Å². The lowest BCUT2D eigenvalue weighted by Crippen LogP contribution is -2.12. The van der Waals surface area contributed by atoms with Gasteiger partial charge in [-0.05, 0) is 17.5 Å². The molecule has 0 spiro atoms. The van der Waals surface area contributed by atoms with E-state index in [0.29, 0.717) is 5.78 Å². The first-order valence-corrected chi connectivity index (χ1v) is 7.64. The van der Waals surface area contributed by atoms with Crippen LogP contribution >= 0.6 is 11.8 Å². The number of nitrogens with one attached hydrogen (secondary N) is 1. The summed E-state index contributed by atoms with van der Waals surface area (Å²) < 4.78 is 1.91. The van der Waals surface area contributed by atoms with E-state index in [1.54, 1.807) is 24.0 Å². The normalized spacial score (nSPS) is 11.4. The Labute approximate surface area is 125 Å². The molecule has 21 heavy (non-hydrogen) atoms. The van der Waals surface area contributed by atoms with E-state index in [0.717, 1.165) is 22.2 Å². The fraction of sp³-hybridized carbons (Fsp3) is 0.286. The first kappa shape index (κ1) is 13.8. The fourth-order valence-corrected chi connectivity index (χ4v) is 2.96. The van der Waals surface area contributed by atoms with Gasteiger partial charge in [0.2, 0.25) is 5.78 Å². The predicted molar refractivity (Wildman–Crippen MR) is 81.5 cm³/mol. The van der Waals surface area contributed by atoms with Gasteiger partial charge in [0, 0.05) is 29.9 Å². The van der Waals surface area contributed by atoms with E-state index in [1.807, 2.05) is 36.6 Å². The summed E-state index contributed by atoms with van der Waals surface area (Å²) in [6.07, 6.45) is 3.59. The molecule has 0 amide bonds. The van der Waals surface area contributed by atoms with Crippen LogP contribution in [0.15, 0.2) is 40.5 Å². The van der Waals surface area contributed by atoms with E-state index in [2.05, 4.69) is 20.2 Å². The molecular formula is C14H15N5OS. The molecule has 0 atom stereocenters. The minimum atomic E-state index is -0.151. The zero-order chi connectivity index (χ0) is 14.8. The van der Waals surface area contributed by atoms with Crippen LogP contribution in [-0.2, 0) is 5.75 Å². The SMILES string of the molecule is CC(C)c1cc(=O)[nH]c2nnc(SCc3cccnc3)n12. The summed E-state index contributed by atoms with van der Waals surface area (Å²) in [6, 6.07) is 5.54. The number of aromatic amines is 1. The Morgan fingerprint density at radius 3 is 2.95 bits per heavy atom. The summed E-state index contributed by atoms with van der Waals surface area (Å²) in [5.74, 6) is 1.45. The van der Waals surface area contributed by atoms with Gasteiger partial charge < -0.3 is 0 Å². The van der Waals surface area contributed by atoms with Gasteiger partial charge in [0.25, 0.3) is 5.56 Å². The molecule has 0 fully saturated rings. The van der Waals surface area contributed by atoms with Crippen LogP contribution in [0.3, 0.4) is 0 Å². The number of rotatable bonds is 4. The van der Waals surface area contributed by atoms with Gasteiger partial charge in [-0.25, -0.2) is 0 Å². The van der Waals surface area contributed by atoms with Crippen molar-refractivity contribution in [1.29, 1.82) is 0 Å². The molecule has 0 saturated carbocycles. The van der Waals surface area contributed by atoms with Crippen LogP contribution in [0.1, 0.15) is 31.0 Å². The highest BCUT2D eigenvalue weighted by atomic mass is 32.2. The molecule has 0 bridgehead atoms. The molecule has 1 N–H and O–H groups in total. The Balaban J connectivity index is 1.98. The Morgan fingerprint density at radius 2 is 2.24 bits per heavy atom. The molecule has 6 nitrogen and oxygen atoms in total. The number of hydrogen-bond acceptors (Lipinski definition) is 5. The second-order valence-corrected chi connectivity index (χ2v) is 5.95. The van der Waals surface area contributed by atoms with Gasteiger partial charge in [0.15, 0.2) is 5.16 Å². The zero-order valence-corrected chi connectivity index (χ0v) is 12.6. The van der Waals surface area contributed by atoms with Gasteiger partial charge in [-0.2, -0.15) is 0 Å². The third kappa shape index (κ3) is 2.82. The number of thioether (sulfide) groups is 1. The van der Waals surface area contributed by atoms with E-state index in [1.165, 1.54) is 0 Å². The first-order valence-electron chi connectivity index (χ1n) is 6.65. The van der Waals surface area contributed by atoms with E-state index in [9.17, 15) is 4.79 Å². The molecule has 3 rings (SSSR count). The Bertz CT molecular complexity index is 809. The summed E-state index contributed by atoms with van der Waals surface area (Å²) in [6.45, 7) is 4.09. The Hall–Kier alpha value is -2.15. The monoisotopic (exact) mass is 301 g/mol. The molecule has 0 aromatic carbocycles. The predicted octanol–water partition coefficient (Wildman–Crippen LogP) is 2.23. The Morgan fingerprint density at radius 1 is 1.38 bits per heavy atom. The molecule has 7 heteroatoms. The van der Waals surface area contributed by atoms with E-state index >= 15 is 0 Å². The topological polar surface area (TPSA) is 75.9 Å². The van der Waals surface area contributed by atoms with Crippen LogP contribution in [0.2, 0.25) is 0 Å². The zero-order valence-electron chi connectivity index (χ0n) is 11.8. The van der Waals surface area contributed by atoms with Crippen LogP contribution in [0.5, 0.6) is 0 Å². The summed E-state index contributed by atoms with van der Waals surface area (Å²) in [4.78, 5) is 18.5. The van der Waals surface area contributed by atoms with Gasteiger partial charge in [-0.15, -0.1) is 10.2 Å². The molecule has 0 radical (unpaired) electrons. The van der Waals surface area contributed by atoms with Gasteiger partial charge in [-0.1, -0.05) is 31.7 Å². The summed E-state index contributed by atoms with van der Waals surface area (Å²) in [5.41, 5.74) is 1.88. The molecule has 0 saturated heterocycles. The van der Waals surface area contributed by atoms with Crippen molar-refractivity contribution in [1.82, 2.24) is 24.6 Å². The number of hydrogen-bond donors (Lipinski definition) is 1. The van der Waals surface area contributed by atoms with Crippen LogP contribution < -0.4 is 5.56 Å². The highest BCUT2D eigenvalue weighted by molar-refractivity contribution is 7.98. The average Bonchev–Trinajstić information content (AvgIpc) is 2.88. The quantitative estimate of drug-likeness (QED) is 0.748. The maximum atomic E-state index is 11.6. The van der Waals surface area contributed by atoms with Crippen LogP contribution in [0, 0.1) is 0 Å². The largest absolute Gasteiger partial charge is 0.291 e. The number of aromatic nitrogens is 5. The van der Waals surface area contributed by atoms with Crippen LogP contribution in [0.4, 0.5) is 0 Å². The summed E-state index contributed by atoms with van der Waals surface area (Å²) in [7, 11) is 0. The minimum absolute atomic E-state index is 0.151. The van der Waals surface area contributed by atoms with Crippen molar-refractivity contribution in [2.24, 2.45) is 0 Å². The second kappa shape index (κ2) is 5.69. The molecule has 3 heterocycles. The lowest BCUT2D eigenvalue weighted by atomic mass is 10.1. The van der Waals surface area contributed by atoms with Crippen LogP contribution in [0.25, 0.3) is 5.78 Å². The third-order valence-corrected chi connectivity index (χ3v) is 4.09. The molecule has 0 aliphatic rings. The van der Waals surface area contributed by atoms with Crippen LogP contribution in [-0.4, -0.2) is 24.6 Å². The van der Waals surface area contributed by atoms with Crippen molar-refractivity contribution in [3.8, 4) is 0 Å². The lowest BCUT2D eigenvalue weighted by Gasteiger charge is -2.09. The first-order chi connectivity index (χ1) is 10.1. The van der Waals surface area contributed by atoms with Crippen molar-refractivity contribution >= 4 is 17.5 Å². The molecular weight excluding hydrogens is 286 g/mol. The van der Waals surface area contributed by atoms with Crippen molar-refractivity contribution in [3.05, 3.63) is 52.2 Å². The van der Waals surface area contributed by atoms with E-state index < -0.39 is 0 Å². The van der Waals surface area contributed by atoms with Gasteiger partial charge in [0.05, 0.1) is 0 Å². The maximum absolute atomic E-state index is 11.6. The summed E-state index contributed by atoms with van der Waals surface area (Å²) in [5, 5.41) is 9.01. The highest BCUT2D eigenvalue weighted by Gasteiger charge is 2.14. The number of nitrogens with zero attached hydrogens (tertiary/aromatic N) is 4. The van der Waals surface area contributed by atoms with E-state index in [-0.39, 0.29) is 11.5 Å². The molecule has 0 aliphatic carbocycles. The number of pyridine rings is 1. The average molecular weight is 301 g/mol. The van der Waals surface area contributed by atoms with Gasteiger partial charge >= 0.3 is 0 Å². The maximum Gasteiger partial charge on any atom is 0.252 e. The van der Waals surface area contributed by atoms with Crippen molar-refractivity contribution in [2.45, 2.75) is 30.7 Å². The molecule has 3 aromatic rings. The second-order valence-electron chi connectivity index (χ2n) is 5.00. The van der Waals surface area contributed by atoms with E-state index in [4.69, 9.17) is 0 Å². The standard InChI is InChI=1S/C14H15N5OS/c1-9(2)11-6-12(20)16-13-17-18-14(19(11)13)21-8-10-4-3-5-15-7-10/h3-7,9H,8H2,1-2H3,(H,16,17,20). The van der Waals surface area contributed by atoms with Crippen molar-refractivity contribution in [3.63, 3.8) is 0 Å². The molecule has 108 valence electrons. The van der Waals surface area contributed by atoms with Crippen molar-refractivity contribution in [2.75, 3.05) is 0 Å². The highest BCUT2D eigenvalue weighted by Crippen LogP contribution is 2.23. The molecule has 0 unspecified atom stereocenters. The third-order valence-electron chi connectivity index (χ3n) is 3.09. The molecule has 0 aliphatic heterocycles. The number of H-pyrrole nitrogens is 1. The Kier molecular flexibility index (Phi) is 3.74. The fourth-order valence-electron chi connectivity index (χ4n) is 2.08. The molecule has 3 aromatic heterocycles. The lowest BCUT2D eigenvalue weighted by molar-refractivity contribution is 0.754. The minimum Gasteiger partial charge on any atom is -0.291 e. The number of fused-ring (bicyclic) bond motifs is 1. The summed E-state index contributed by atoms with van der Waals surface area (Å²) >= 11 is 1.57. The van der Waals surface area contributed by atoms with Crippen molar-refractivity contribution < 1.29 is 0 Å². The van der Waals surface area contributed by atoms with Gasteiger partial charge in [-0.3, -0.25) is 19.2 Å². The smallest absolute Gasteiger partial charge is 0.252 e.